The zero-order valence-corrected chi connectivity index (χ0v) is 13.6. The van der Waals surface area contributed by atoms with Gasteiger partial charge in [0.05, 0.1) is 22.8 Å². The molecule has 0 radical (unpaired) electrons. The molecule has 6 heteroatoms. The fourth-order valence-electron chi connectivity index (χ4n) is 1.87. The smallest absolute Gasteiger partial charge is 0.399 e. The van der Waals surface area contributed by atoms with Crippen LogP contribution < -0.4 is 5.46 Å². The Bertz CT molecular complexity index is 552. The maximum absolute atomic E-state index is 9.28. The van der Waals surface area contributed by atoms with Gasteiger partial charge in [0.15, 0.2) is 0 Å². The standard InChI is InChI=1S/C13H14BBrClNO2/c1-12(2)13(3,4)19-14(18-12)10-5-8(16)6-11(15)9(10)7-17/h5-6H,1-4H3. The zero-order valence-electron chi connectivity index (χ0n) is 11.3. The maximum Gasteiger partial charge on any atom is 0.496 e. The van der Waals surface area contributed by atoms with E-state index in [4.69, 9.17) is 20.9 Å². The third-order valence-corrected chi connectivity index (χ3v) is 4.55. The highest BCUT2D eigenvalue weighted by Crippen LogP contribution is 2.37. The van der Waals surface area contributed by atoms with Gasteiger partial charge in [0.25, 0.3) is 0 Å². The first-order chi connectivity index (χ1) is 8.68. The summed E-state index contributed by atoms with van der Waals surface area (Å²) < 4.78 is 12.5. The lowest BCUT2D eigenvalue weighted by molar-refractivity contribution is 0.00578. The van der Waals surface area contributed by atoms with Crippen molar-refractivity contribution in [3.63, 3.8) is 0 Å². The van der Waals surface area contributed by atoms with Gasteiger partial charge in [0, 0.05) is 15.0 Å². The fraction of sp³-hybridized carbons (Fsp3) is 0.462. The van der Waals surface area contributed by atoms with Crippen LogP contribution in [0.1, 0.15) is 33.3 Å². The van der Waals surface area contributed by atoms with Crippen LogP contribution in [0.2, 0.25) is 5.02 Å². The average molecular weight is 342 g/mol. The Balaban J connectivity index is 2.48. The molecule has 0 unspecified atom stereocenters. The molecule has 0 spiro atoms. The number of hydrogen-bond acceptors (Lipinski definition) is 3. The lowest BCUT2D eigenvalue weighted by Gasteiger charge is -2.32. The second-order valence-electron chi connectivity index (χ2n) is 5.55. The Morgan fingerprint density at radius 3 is 2.21 bits per heavy atom. The lowest BCUT2D eigenvalue weighted by atomic mass is 9.76. The highest BCUT2D eigenvalue weighted by atomic mass is 79.9. The largest absolute Gasteiger partial charge is 0.496 e. The second-order valence-corrected chi connectivity index (χ2v) is 6.84. The molecule has 0 N–H and O–H groups in total. The predicted molar refractivity (Wildman–Crippen MR) is 79.6 cm³/mol. The van der Waals surface area contributed by atoms with Crippen molar-refractivity contribution in [1.82, 2.24) is 0 Å². The minimum Gasteiger partial charge on any atom is -0.399 e. The summed E-state index contributed by atoms with van der Waals surface area (Å²) in [6, 6.07) is 5.56. The molecule has 1 aromatic rings. The van der Waals surface area contributed by atoms with Crippen LogP contribution in [-0.4, -0.2) is 18.3 Å². The van der Waals surface area contributed by atoms with Crippen molar-refractivity contribution < 1.29 is 9.31 Å². The van der Waals surface area contributed by atoms with Gasteiger partial charge < -0.3 is 9.31 Å². The normalized spacial score (nSPS) is 20.4. The average Bonchev–Trinajstić information content (AvgIpc) is 2.47. The van der Waals surface area contributed by atoms with E-state index >= 15 is 0 Å². The second kappa shape index (κ2) is 4.78. The molecule has 3 nitrogen and oxygen atoms in total. The summed E-state index contributed by atoms with van der Waals surface area (Å²) in [7, 11) is -0.588. The summed E-state index contributed by atoms with van der Waals surface area (Å²) in [4.78, 5) is 0. The minimum atomic E-state index is -0.588. The molecule has 0 atom stereocenters. The van der Waals surface area contributed by atoms with E-state index in [2.05, 4.69) is 22.0 Å². The monoisotopic (exact) mass is 341 g/mol. The van der Waals surface area contributed by atoms with Gasteiger partial charge in [0.2, 0.25) is 0 Å². The van der Waals surface area contributed by atoms with Gasteiger partial charge in [-0.1, -0.05) is 11.6 Å². The van der Waals surface area contributed by atoms with Gasteiger partial charge in [-0.3, -0.25) is 0 Å². The van der Waals surface area contributed by atoms with Crippen LogP contribution in [0.3, 0.4) is 0 Å². The summed E-state index contributed by atoms with van der Waals surface area (Å²) in [5.74, 6) is 0. The molecule has 0 saturated carbocycles. The van der Waals surface area contributed by atoms with Crippen LogP contribution in [0.5, 0.6) is 0 Å². The SMILES string of the molecule is CC1(C)OB(c2cc(Cl)cc(Br)c2C#N)OC1(C)C. The number of hydrogen-bond donors (Lipinski definition) is 0. The third kappa shape index (κ3) is 2.55. The fourth-order valence-corrected chi connectivity index (χ4v) is 2.79. The van der Waals surface area contributed by atoms with Gasteiger partial charge in [0.1, 0.15) is 0 Å². The summed E-state index contributed by atoms with van der Waals surface area (Å²) in [5, 5.41) is 9.81. The maximum atomic E-state index is 9.28. The molecule has 1 saturated heterocycles. The van der Waals surface area contributed by atoms with Crippen LogP contribution in [-0.2, 0) is 9.31 Å². The number of nitriles is 1. The summed E-state index contributed by atoms with van der Waals surface area (Å²) >= 11 is 9.39. The molecule has 1 aromatic carbocycles. The highest BCUT2D eigenvalue weighted by Gasteiger charge is 2.52. The number of nitrogens with zero attached hydrogens (tertiary/aromatic N) is 1. The first kappa shape index (κ1) is 14.9. The molecule has 1 aliphatic heterocycles. The summed E-state index contributed by atoms with van der Waals surface area (Å²) in [6.07, 6.45) is 0. The Kier molecular flexibility index (Phi) is 3.74. The number of halogens is 2. The highest BCUT2D eigenvalue weighted by molar-refractivity contribution is 9.10. The van der Waals surface area contributed by atoms with Gasteiger partial charge in [-0.25, -0.2) is 0 Å². The Hall–Kier alpha value is -0.535. The van der Waals surface area contributed by atoms with E-state index in [0.717, 1.165) is 0 Å². The zero-order chi connectivity index (χ0) is 14.4. The van der Waals surface area contributed by atoms with E-state index in [1.807, 2.05) is 27.7 Å². The van der Waals surface area contributed by atoms with E-state index in [1.54, 1.807) is 12.1 Å². The van der Waals surface area contributed by atoms with Crippen molar-refractivity contribution in [3.8, 4) is 6.07 Å². The van der Waals surface area contributed by atoms with Gasteiger partial charge in [-0.15, -0.1) is 0 Å². The topological polar surface area (TPSA) is 42.2 Å². The summed E-state index contributed by atoms with van der Waals surface area (Å²) in [5.41, 5.74) is 0.252. The van der Waals surface area contributed by atoms with Crippen molar-refractivity contribution in [2.24, 2.45) is 0 Å². The van der Waals surface area contributed by atoms with Crippen molar-refractivity contribution in [1.29, 1.82) is 5.26 Å². The van der Waals surface area contributed by atoms with Gasteiger partial charge in [-0.05, 0) is 55.8 Å². The Labute approximate surface area is 127 Å². The van der Waals surface area contributed by atoms with Crippen LogP contribution in [0.25, 0.3) is 0 Å². The molecule has 1 fully saturated rings. The van der Waals surface area contributed by atoms with Crippen LogP contribution in [0, 0.1) is 11.3 Å². The van der Waals surface area contributed by atoms with Crippen molar-refractivity contribution >= 4 is 40.1 Å². The Morgan fingerprint density at radius 1 is 1.21 bits per heavy atom. The first-order valence-electron chi connectivity index (χ1n) is 5.92. The molecular formula is C13H14BBrClNO2. The molecule has 0 amide bonds. The minimum absolute atomic E-state index is 0.445. The van der Waals surface area contributed by atoms with E-state index in [9.17, 15) is 5.26 Å². The quantitative estimate of drug-likeness (QED) is 0.736. The molecule has 1 aliphatic rings. The van der Waals surface area contributed by atoms with Gasteiger partial charge in [-0.2, -0.15) is 5.26 Å². The molecule has 0 aromatic heterocycles. The van der Waals surface area contributed by atoms with Crippen molar-refractivity contribution in [2.45, 2.75) is 38.9 Å². The van der Waals surface area contributed by atoms with E-state index < -0.39 is 18.3 Å². The molecule has 2 rings (SSSR count). The van der Waals surface area contributed by atoms with E-state index in [-0.39, 0.29) is 0 Å². The molecule has 1 heterocycles. The van der Waals surface area contributed by atoms with Crippen LogP contribution in [0.4, 0.5) is 0 Å². The molecular weight excluding hydrogens is 328 g/mol. The Morgan fingerprint density at radius 2 is 1.74 bits per heavy atom. The number of benzene rings is 1. The van der Waals surface area contributed by atoms with Crippen molar-refractivity contribution in [3.05, 3.63) is 27.2 Å². The summed E-state index contributed by atoms with van der Waals surface area (Å²) in [6.45, 7) is 7.88. The van der Waals surface area contributed by atoms with Crippen molar-refractivity contribution in [2.75, 3.05) is 0 Å². The molecule has 0 aliphatic carbocycles. The third-order valence-electron chi connectivity index (χ3n) is 3.70. The number of rotatable bonds is 1. The molecule has 19 heavy (non-hydrogen) atoms. The van der Waals surface area contributed by atoms with E-state index in [0.29, 0.717) is 20.5 Å². The first-order valence-corrected chi connectivity index (χ1v) is 7.10. The van der Waals surface area contributed by atoms with Crippen LogP contribution >= 0.6 is 27.5 Å². The molecule has 0 bridgehead atoms. The lowest BCUT2D eigenvalue weighted by Crippen LogP contribution is -2.41. The van der Waals surface area contributed by atoms with E-state index in [1.165, 1.54) is 0 Å². The van der Waals surface area contributed by atoms with Crippen LogP contribution in [0.15, 0.2) is 16.6 Å². The molecule has 100 valence electrons. The van der Waals surface area contributed by atoms with Gasteiger partial charge >= 0.3 is 7.12 Å². The predicted octanol–water partition coefficient (Wildman–Crippen LogP) is 3.27.